The Balaban J connectivity index is 1.69. The third-order valence-corrected chi connectivity index (χ3v) is 3.97. The average Bonchev–Trinajstić information content (AvgIpc) is 2.62. The minimum Gasteiger partial charge on any atom is -0.486 e. The van der Waals surface area contributed by atoms with E-state index >= 15 is 0 Å². The van der Waals surface area contributed by atoms with E-state index in [1.54, 1.807) is 44.2 Å². The van der Waals surface area contributed by atoms with Crippen LogP contribution in [0.4, 0.5) is 11.4 Å². The van der Waals surface area contributed by atoms with Crippen LogP contribution in [0.2, 0.25) is 0 Å². The van der Waals surface area contributed by atoms with Gasteiger partial charge in [0.1, 0.15) is 18.6 Å². The first-order valence-electron chi connectivity index (χ1n) is 8.04. The summed E-state index contributed by atoms with van der Waals surface area (Å²) in [4.78, 5) is 25.1. The summed E-state index contributed by atoms with van der Waals surface area (Å²) in [5, 5.41) is 5.52. The van der Waals surface area contributed by atoms with Crippen molar-refractivity contribution in [2.45, 2.75) is 13.8 Å². The molecule has 25 heavy (non-hydrogen) atoms. The lowest BCUT2D eigenvalue weighted by Crippen LogP contribution is -2.41. The van der Waals surface area contributed by atoms with Gasteiger partial charge in [-0.05, 0) is 38.1 Å². The maximum absolute atomic E-state index is 12.6. The summed E-state index contributed by atoms with van der Waals surface area (Å²) in [6.45, 7) is 4.14. The lowest BCUT2D eigenvalue weighted by atomic mass is 9.90. The number of hydrogen-bond donors (Lipinski definition) is 2. The van der Waals surface area contributed by atoms with E-state index < -0.39 is 11.3 Å². The molecule has 0 atom stereocenters. The molecule has 0 radical (unpaired) electrons. The van der Waals surface area contributed by atoms with Gasteiger partial charge in [-0.1, -0.05) is 18.2 Å². The second-order valence-corrected chi connectivity index (χ2v) is 6.26. The highest BCUT2D eigenvalue weighted by Crippen LogP contribution is 2.33. The molecule has 1 aliphatic heterocycles. The Morgan fingerprint density at radius 3 is 2.12 bits per heavy atom. The van der Waals surface area contributed by atoms with E-state index in [1.165, 1.54) is 0 Å². The Morgan fingerprint density at radius 1 is 0.840 bits per heavy atom. The van der Waals surface area contributed by atoms with Gasteiger partial charge in [-0.3, -0.25) is 9.59 Å². The van der Waals surface area contributed by atoms with Gasteiger partial charge in [0, 0.05) is 17.4 Å². The SMILES string of the molecule is CC(C)(C(=O)Nc1ccccc1)C(=O)Nc1ccc2c(c1)OCCO2. The minimum absolute atomic E-state index is 0.381. The Kier molecular flexibility index (Phi) is 4.61. The number of fused-ring (bicyclic) bond motifs is 1. The van der Waals surface area contributed by atoms with E-state index in [9.17, 15) is 9.59 Å². The van der Waals surface area contributed by atoms with Gasteiger partial charge in [-0.15, -0.1) is 0 Å². The molecule has 0 fully saturated rings. The molecular formula is C19H20N2O4. The predicted molar refractivity (Wildman–Crippen MR) is 94.9 cm³/mol. The van der Waals surface area contributed by atoms with Gasteiger partial charge in [0.05, 0.1) is 0 Å². The normalized spacial score (nSPS) is 13.0. The number of anilines is 2. The van der Waals surface area contributed by atoms with Crippen LogP contribution in [0.1, 0.15) is 13.8 Å². The molecule has 2 aromatic carbocycles. The summed E-state index contributed by atoms with van der Waals surface area (Å²) < 4.78 is 11.0. The lowest BCUT2D eigenvalue weighted by molar-refractivity contribution is -0.135. The molecule has 3 rings (SSSR count). The summed E-state index contributed by atoms with van der Waals surface area (Å²) in [5.41, 5.74) is -0.0501. The highest BCUT2D eigenvalue weighted by Gasteiger charge is 2.36. The van der Waals surface area contributed by atoms with Crippen molar-refractivity contribution in [3.05, 3.63) is 48.5 Å². The standard InChI is InChI=1S/C19H20N2O4/c1-19(2,17(22)20-13-6-4-3-5-7-13)18(23)21-14-8-9-15-16(12-14)25-11-10-24-15/h3-9,12H,10-11H2,1-2H3,(H,20,22)(H,21,23). The molecule has 2 aromatic rings. The van der Waals surface area contributed by atoms with E-state index in [4.69, 9.17) is 9.47 Å². The Morgan fingerprint density at radius 2 is 1.44 bits per heavy atom. The van der Waals surface area contributed by atoms with Crippen LogP contribution in [0.3, 0.4) is 0 Å². The van der Waals surface area contributed by atoms with E-state index in [0.717, 1.165) is 0 Å². The number of ether oxygens (including phenoxy) is 2. The molecule has 0 aromatic heterocycles. The van der Waals surface area contributed by atoms with Gasteiger partial charge < -0.3 is 20.1 Å². The molecule has 6 nitrogen and oxygen atoms in total. The van der Waals surface area contributed by atoms with Gasteiger partial charge in [0.2, 0.25) is 11.8 Å². The first-order valence-corrected chi connectivity index (χ1v) is 8.04. The summed E-state index contributed by atoms with van der Waals surface area (Å²) in [7, 11) is 0. The first kappa shape index (κ1) is 16.8. The van der Waals surface area contributed by atoms with Crippen molar-refractivity contribution in [1.29, 1.82) is 0 Å². The van der Waals surface area contributed by atoms with Crippen LogP contribution >= 0.6 is 0 Å². The predicted octanol–water partition coefficient (Wildman–Crippen LogP) is 3.06. The van der Waals surface area contributed by atoms with Crippen molar-refractivity contribution >= 4 is 23.2 Å². The molecule has 0 saturated carbocycles. The molecule has 1 heterocycles. The Bertz CT molecular complexity index is 787. The number of rotatable bonds is 4. The van der Waals surface area contributed by atoms with Crippen LogP contribution in [-0.2, 0) is 9.59 Å². The number of hydrogen-bond acceptors (Lipinski definition) is 4. The number of para-hydroxylation sites is 1. The molecule has 0 saturated heterocycles. The van der Waals surface area contributed by atoms with Crippen LogP contribution in [0, 0.1) is 5.41 Å². The van der Waals surface area contributed by atoms with Crippen molar-refractivity contribution in [2.24, 2.45) is 5.41 Å². The molecule has 2 N–H and O–H groups in total. The van der Waals surface area contributed by atoms with Gasteiger partial charge in [-0.25, -0.2) is 0 Å². The maximum Gasteiger partial charge on any atom is 0.239 e. The van der Waals surface area contributed by atoms with Crippen LogP contribution in [0.5, 0.6) is 11.5 Å². The van der Waals surface area contributed by atoms with Gasteiger partial charge in [-0.2, -0.15) is 0 Å². The summed E-state index contributed by atoms with van der Waals surface area (Å²) in [6.07, 6.45) is 0. The van der Waals surface area contributed by atoms with Crippen LogP contribution in [0.15, 0.2) is 48.5 Å². The fourth-order valence-corrected chi connectivity index (χ4v) is 2.32. The highest BCUT2D eigenvalue weighted by atomic mass is 16.6. The highest BCUT2D eigenvalue weighted by molar-refractivity contribution is 6.14. The smallest absolute Gasteiger partial charge is 0.239 e. The third kappa shape index (κ3) is 3.74. The number of amides is 2. The third-order valence-electron chi connectivity index (χ3n) is 3.97. The zero-order valence-corrected chi connectivity index (χ0v) is 14.2. The molecule has 0 unspecified atom stereocenters. The zero-order chi connectivity index (χ0) is 17.9. The van der Waals surface area contributed by atoms with Gasteiger partial charge in [0.15, 0.2) is 11.5 Å². The van der Waals surface area contributed by atoms with E-state index in [-0.39, 0.29) is 5.91 Å². The molecule has 2 amide bonds. The molecule has 0 bridgehead atoms. The largest absolute Gasteiger partial charge is 0.486 e. The first-order chi connectivity index (χ1) is 12.0. The Hall–Kier alpha value is -3.02. The molecule has 0 spiro atoms. The molecule has 130 valence electrons. The van der Waals surface area contributed by atoms with Crippen molar-refractivity contribution in [2.75, 3.05) is 23.8 Å². The number of benzene rings is 2. The van der Waals surface area contributed by atoms with Crippen LogP contribution in [-0.4, -0.2) is 25.0 Å². The van der Waals surface area contributed by atoms with Crippen LogP contribution in [0.25, 0.3) is 0 Å². The summed E-state index contributed by atoms with van der Waals surface area (Å²) in [6, 6.07) is 14.2. The van der Waals surface area contributed by atoms with Crippen molar-refractivity contribution in [1.82, 2.24) is 0 Å². The second kappa shape index (κ2) is 6.84. The molecule has 0 aliphatic carbocycles. The summed E-state index contributed by atoms with van der Waals surface area (Å²) >= 11 is 0. The molecule has 6 heteroatoms. The molecular weight excluding hydrogens is 320 g/mol. The minimum atomic E-state index is -1.25. The zero-order valence-electron chi connectivity index (χ0n) is 14.2. The summed E-state index contributed by atoms with van der Waals surface area (Å²) in [5.74, 6) is 0.437. The lowest BCUT2D eigenvalue weighted by Gasteiger charge is -2.23. The maximum atomic E-state index is 12.6. The van der Waals surface area contributed by atoms with E-state index in [0.29, 0.717) is 36.1 Å². The fourth-order valence-electron chi connectivity index (χ4n) is 2.32. The fraction of sp³-hybridized carbons (Fsp3) is 0.263. The van der Waals surface area contributed by atoms with E-state index in [2.05, 4.69) is 10.6 Å². The quantitative estimate of drug-likeness (QED) is 0.839. The number of nitrogens with one attached hydrogen (secondary N) is 2. The van der Waals surface area contributed by atoms with Crippen molar-refractivity contribution in [3.63, 3.8) is 0 Å². The second-order valence-electron chi connectivity index (χ2n) is 6.26. The van der Waals surface area contributed by atoms with Crippen molar-refractivity contribution in [3.8, 4) is 11.5 Å². The number of carbonyl (C=O) groups is 2. The van der Waals surface area contributed by atoms with Crippen molar-refractivity contribution < 1.29 is 19.1 Å². The van der Waals surface area contributed by atoms with Gasteiger partial charge >= 0.3 is 0 Å². The molecule has 1 aliphatic rings. The van der Waals surface area contributed by atoms with Gasteiger partial charge in [0.25, 0.3) is 0 Å². The number of carbonyl (C=O) groups excluding carboxylic acids is 2. The topological polar surface area (TPSA) is 76.7 Å². The Labute approximate surface area is 146 Å². The van der Waals surface area contributed by atoms with E-state index in [1.807, 2.05) is 18.2 Å². The monoisotopic (exact) mass is 340 g/mol. The average molecular weight is 340 g/mol. The van der Waals surface area contributed by atoms with Crippen LogP contribution < -0.4 is 20.1 Å².